The molecule has 0 amide bonds. The van der Waals surface area contributed by atoms with Gasteiger partial charge in [0.2, 0.25) is 0 Å². The largest absolute Gasteiger partial charge is 0.365 e. The normalized spacial score (nSPS) is 8.25. The molecule has 1 aromatic heterocycles. The summed E-state index contributed by atoms with van der Waals surface area (Å²) in [4.78, 5) is 3.07. The molecule has 1 aromatic rings. The smallest absolute Gasteiger partial charge is 0.0118 e. The molecule has 0 spiro atoms. The highest BCUT2D eigenvalue weighted by Crippen LogP contribution is 1.97. The van der Waals surface area contributed by atoms with Crippen molar-refractivity contribution >= 4 is 12.4 Å². The van der Waals surface area contributed by atoms with Crippen molar-refractivity contribution < 1.29 is 0 Å². The summed E-state index contributed by atoms with van der Waals surface area (Å²) in [5, 5.41) is 0. The van der Waals surface area contributed by atoms with Gasteiger partial charge in [0.15, 0.2) is 0 Å². The molecule has 1 rings (SSSR count). The second-order valence-electron chi connectivity index (χ2n) is 1.86. The second kappa shape index (κ2) is 2.78. The molecule has 2 heteroatoms. The molecule has 1 heterocycles. The Bertz CT molecular complexity index is 141. The molecule has 0 aliphatic rings. The van der Waals surface area contributed by atoms with E-state index in [0.29, 0.717) is 0 Å². The summed E-state index contributed by atoms with van der Waals surface area (Å²) < 4.78 is 0. The lowest BCUT2D eigenvalue weighted by Crippen LogP contribution is -1.59. The van der Waals surface area contributed by atoms with Crippen LogP contribution in [0, 0.1) is 13.8 Å². The monoisotopic (exact) mass is 131 g/mol. The van der Waals surface area contributed by atoms with Crippen LogP contribution in [-0.2, 0) is 0 Å². The van der Waals surface area contributed by atoms with Crippen LogP contribution in [0.2, 0.25) is 0 Å². The number of aryl methyl sites for hydroxylation is 2. The Labute approximate surface area is 55.5 Å². The molecule has 46 valence electrons. The van der Waals surface area contributed by atoms with Gasteiger partial charge in [-0.1, -0.05) is 0 Å². The maximum absolute atomic E-state index is 3.07. The van der Waals surface area contributed by atoms with Gasteiger partial charge in [-0.25, -0.2) is 0 Å². The summed E-state index contributed by atoms with van der Waals surface area (Å²) in [7, 11) is 0. The van der Waals surface area contributed by atoms with E-state index in [0.717, 1.165) is 0 Å². The van der Waals surface area contributed by atoms with Crippen molar-refractivity contribution in [2.45, 2.75) is 13.8 Å². The standard InChI is InChI=1S/C6H9N.ClH/c1-5-3-6(2)7-4-5;/h3-4,7H,1-2H3;1H. The quantitative estimate of drug-likeness (QED) is 0.555. The van der Waals surface area contributed by atoms with Gasteiger partial charge in [0.05, 0.1) is 0 Å². The van der Waals surface area contributed by atoms with Gasteiger partial charge < -0.3 is 4.98 Å². The molecule has 0 saturated carbocycles. The van der Waals surface area contributed by atoms with E-state index in [1.807, 2.05) is 13.1 Å². The van der Waals surface area contributed by atoms with Gasteiger partial charge in [0.25, 0.3) is 0 Å². The number of rotatable bonds is 0. The van der Waals surface area contributed by atoms with Gasteiger partial charge in [0.1, 0.15) is 0 Å². The van der Waals surface area contributed by atoms with Gasteiger partial charge in [-0.2, -0.15) is 0 Å². The van der Waals surface area contributed by atoms with E-state index in [-0.39, 0.29) is 12.4 Å². The zero-order valence-electron chi connectivity index (χ0n) is 5.06. The lowest BCUT2D eigenvalue weighted by molar-refractivity contribution is 1.26. The molecule has 0 radical (unpaired) electrons. The second-order valence-corrected chi connectivity index (χ2v) is 1.86. The number of nitrogens with one attached hydrogen (secondary N) is 1. The molecule has 1 nitrogen and oxygen atoms in total. The van der Waals surface area contributed by atoms with Crippen molar-refractivity contribution in [3.05, 3.63) is 23.5 Å². The number of aromatic amines is 1. The fraction of sp³-hybridized carbons (Fsp3) is 0.333. The number of hydrogen-bond acceptors (Lipinski definition) is 0. The lowest BCUT2D eigenvalue weighted by atomic mass is 10.4. The van der Waals surface area contributed by atoms with E-state index in [4.69, 9.17) is 0 Å². The third-order valence-electron chi connectivity index (χ3n) is 0.972. The Morgan fingerprint density at radius 3 is 2.12 bits per heavy atom. The number of hydrogen-bond donors (Lipinski definition) is 1. The van der Waals surface area contributed by atoms with E-state index in [9.17, 15) is 0 Å². The highest BCUT2D eigenvalue weighted by molar-refractivity contribution is 5.85. The highest BCUT2D eigenvalue weighted by atomic mass is 35.5. The van der Waals surface area contributed by atoms with Gasteiger partial charge in [0, 0.05) is 11.9 Å². The fourth-order valence-electron chi connectivity index (χ4n) is 0.653. The molecule has 0 fully saturated rings. The van der Waals surface area contributed by atoms with Crippen molar-refractivity contribution in [2.75, 3.05) is 0 Å². The average Bonchev–Trinajstić information content (AvgIpc) is 1.87. The Balaban J connectivity index is 0.000000490. The first-order chi connectivity index (χ1) is 3.29. The summed E-state index contributed by atoms with van der Waals surface area (Å²) in [6.45, 7) is 4.12. The first-order valence-electron chi connectivity index (χ1n) is 2.40. The topological polar surface area (TPSA) is 15.8 Å². The van der Waals surface area contributed by atoms with Crippen LogP contribution in [0.5, 0.6) is 0 Å². The summed E-state index contributed by atoms with van der Waals surface area (Å²) in [6.07, 6.45) is 2.00. The molecular weight excluding hydrogens is 122 g/mol. The maximum Gasteiger partial charge on any atom is 0.0118 e. The first-order valence-corrected chi connectivity index (χ1v) is 2.40. The van der Waals surface area contributed by atoms with Crippen molar-refractivity contribution in [1.29, 1.82) is 0 Å². The Morgan fingerprint density at radius 2 is 2.00 bits per heavy atom. The van der Waals surface area contributed by atoms with Crippen LogP contribution in [0.15, 0.2) is 12.3 Å². The van der Waals surface area contributed by atoms with Crippen LogP contribution in [0.1, 0.15) is 11.3 Å². The van der Waals surface area contributed by atoms with Crippen LogP contribution in [0.4, 0.5) is 0 Å². The fourth-order valence-corrected chi connectivity index (χ4v) is 0.653. The maximum atomic E-state index is 3.07. The van der Waals surface area contributed by atoms with Gasteiger partial charge in [-0.15, -0.1) is 12.4 Å². The molecule has 0 atom stereocenters. The zero-order chi connectivity index (χ0) is 5.28. The van der Waals surface area contributed by atoms with E-state index in [2.05, 4.69) is 18.0 Å². The third-order valence-corrected chi connectivity index (χ3v) is 0.972. The molecule has 0 aliphatic carbocycles. The number of H-pyrrole nitrogens is 1. The molecule has 0 aliphatic heterocycles. The minimum Gasteiger partial charge on any atom is -0.365 e. The van der Waals surface area contributed by atoms with Gasteiger partial charge in [-0.3, -0.25) is 0 Å². The summed E-state index contributed by atoms with van der Waals surface area (Å²) in [6, 6.07) is 2.11. The van der Waals surface area contributed by atoms with Crippen molar-refractivity contribution in [3.63, 3.8) is 0 Å². The molecular formula is C6H10ClN. The van der Waals surface area contributed by atoms with Crippen molar-refractivity contribution in [1.82, 2.24) is 4.98 Å². The SMILES string of the molecule is Cc1c[nH]c(C)c1.Cl. The predicted octanol–water partition coefficient (Wildman–Crippen LogP) is 2.05. The highest BCUT2D eigenvalue weighted by Gasteiger charge is 1.82. The van der Waals surface area contributed by atoms with Crippen molar-refractivity contribution in [2.24, 2.45) is 0 Å². The van der Waals surface area contributed by atoms with Crippen molar-refractivity contribution in [3.8, 4) is 0 Å². The first kappa shape index (κ1) is 7.57. The zero-order valence-corrected chi connectivity index (χ0v) is 5.88. The Kier molecular flexibility index (Phi) is 2.63. The molecule has 0 saturated heterocycles. The van der Waals surface area contributed by atoms with Crippen LogP contribution in [-0.4, -0.2) is 4.98 Å². The van der Waals surface area contributed by atoms with Crippen LogP contribution < -0.4 is 0 Å². The van der Waals surface area contributed by atoms with Crippen LogP contribution >= 0.6 is 12.4 Å². The lowest BCUT2D eigenvalue weighted by Gasteiger charge is -1.71. The Morgan fingerprint density at radius 1 is 1.38 bits per heavy atom. The molecule has 0 bridgehead atoms. The third kappa shape index (κ3) is 1.58. The molecule has 8 heavy (non-hydrogen) atoms. The Hall–Kier alpha value is -0.430. The average molecular weight is 132 g/mol. The summed E-state index contributed by atoms with van der Waals surface area (Å²) in [5.41, 5.74) is 2.54. The molecule has 0 unspecified atom stereocenters. The minimum atomic E-state index is 0. The van der Waals surface area contributed by atoms with E-state index in [1.54, 1.807) is 0 Å². The van der Waals surface area contributed by atoms with E-state index >= 15 is 0 Å². The molecule has 0 aromatic carbocycles. The number of aromatic nitrogens is 1. The summed E-state index contributed by atoms with van der Waals surface area (Å²) in [5.74, 6) is 0. The minimum absolute atomic E-state index is 0. The van der Waals surface area contributed by atoms with Gasteiger partial charge in [-0.05, 0) is 25.5 Å². The van der Waals surface area contributed by atoms with Gasteiger partial charge >= 0.3 is 0 Å². The summed E-state index contributed by atoms with van der Waals surface area (Å²) >= 11 is 0. The predicted molar refractivity (Wildman–Crippen MR) is 37.5 cm³/mol. The number of halogens is 1. The van der Waals surface area contributed by atoms with Crippen LogP contribution in [0.3, 0.4) is 0 Å². The van der Waals surface area contributed by atoms with Crippen LogP contribution in [0.25, 0.3) is 0 Å². The molecule has 1 N–H and O–H groups in total. The van der Waals surface area contributed by atoms with E-state index in [1.165, 1.54) is 11.3 Å². The van der Waals surface area contributed by atoms with E-state index < -0.39 is 0 Å².